The summed E-state index contributed by atoms with van der Waals surface area (Å²) in [6.07, 6.45) is 2.47. The fourth-order valence-electron chi connectivity index (χ4n) is 3.46. The molecule has 162 valence electrons. The minimum absolute atomic E-state index is 0.0356. The Morgan fingerprint density at radius 2 is 2.03 bits per heavy atom. The molecule has 0 radical (unpaired) electrons. The van der Waals surface area contributed by atoms with Crippen LogP contribution < -0.4 is 0 Å². The highest BCUT2D eigenvalue weighted by Gasteiger charge is 2.13. The second kappa shape index (κ2) is 8.63. The van der Waals surface area contributed by atoms with Gasteiger partial charge >= 0.3 is 0 Å². The zero-order valence-corrected chi connectivity index (χ0v) is 18.1. The molecule has 32 heavy (non-hydrogen) atoms. The Hall–Kier alpha value is -4.00. The molecule has 0 unspecified atom stereocenters. The van der Waals surface area contributed by atoms with Crippen LogP contribution in [-0.4, -0.2) is 21.2 Å². The maximum absolute atomic E-state index is 11.1. The molecule has 1 atom stereocenters. The molecule has 4 aromatic rings. The third-order valence-corrected chi connectivity index (χ3v) is 5.56. The number of hydrogen-bond acceptors (Lipinski definition) is 6. The molecule has 0 aliphatic carbocycles. The summed E-state index contributed by atoms with van der Waals surface area (Å²) >= 11 is 0. The molecular weight excluding hydrogens is 406 g/mol. The number of aromatic nitrogens is 1. The quantitative estimate of drug-likeness (QED) is 0.209. The average molecular weight is 429 g/mol. The lowest BCUT2D eigenvalue weighted by atomic mass is 9.98. The second-order valence-corrected chi connectivity index (χ2v) is 7.82. The van der Waals surface area contributed by atoms with E-state index in [4.69, 9.17) is 4.42 Å². The van der Waals surface area contributed by atoms with E-state index in [1.165, 1.54) is 23.9 Å². The van der Waals surface area contributed by atoms with Crippen LogP contribution in [0.3, 0.4) is 0 Å². The van der Waals surface area contributed by atoms with Gasteiger partial charge in [0.1, 0.15) is 11.3 Å². The average Bonchev–Trinajstić information content (AvgIpc) is 3.23. The van der Waals surface area contributed by atoms with Crippen molar-refractivity contribution in [2.75, 3.05) is 0 Å². The van der Waals surface area contributed by atoms with Gasteiger partial charge in [0.05, 0.1) is 10.6 Å². The first-order valence-corrected chi connectivity index (χ1v) is 10.4. The smallest absolute Gasteiger partial charge is 0.270 e. The molecule has 1 aromatic heterocycles. The maximum atomic E-state index is 11.1. The van der Waals surface area contributed by atoms with Crippen LogP contribution in [0, 0.1) is 17.0 Å². The van der Waals surface area contributed by atoms with Crippen LogP contribution in [0.15, 0.2) is 64.0 Å². The van der Waals surface area contributed by atoms with Crippen molar-refractivity contribution in [3.8, 4) is 17.2 Å². The molecule has 0 aliphatic rings. The van der Waals surface area contributed by atoms with Crippen molar-refractivity contribution in [2.45, 2.75) is 33.1 Å². The minimum Gasteiger partial charge on any atom is -0.507 e. The van der Waals surface area contributed by atoms with Crippen molar-refractivity contribution >= 4 is 28.7 Å². The zero-order valence-electron chi connectivity index (χ0n) is 18.1. The Labute approximate surface area is 185 Å². The van der Waals surface area contributed by atoms with Crippen LogP contribution >= 0.6 is 0 Å². The molecule has 0 aliphatic heterocycles. The molecule has 0 spiro atoms. The van der Waals surface area contributed by atoms with E-state index in [9.17, 15) is 15.2 Å². The molecule has 3 aromatic carbocycles. The van der Waals surface area contributed by atoms with Crippen molar-refractivity contribution in [3.63, 3.8) is 0 Å². The van der Waals surface area contributed by atoms with Crippen molar-refractivity contribution in [1.29, 1.82) is 0 Å². The third kappa shape index (κ3) is 4.23. The summed E-state index contributed by atoms with van der Waals surface area (Å²) in [6.45, 7) is 5.95. The van der Waals surface area contributed by atoms with Gasteiger partial charge < -0.3 is 9.52 Å². The summed E-state index contributed by atoms with van der Waals surface area (Å²) in [5.41, 5.74) is 4.72. The van der Waals surface area contributed by atoms with E-state index in [2.05, 4.69) is 36.0 Å². The van der Waals surface area contributed by atoms with Crippen molar-refractivity contribution in [3.05, 3.63) is 81.4 Å². The third-order valence-electron chi connectivity index (χ3n) is 5.56. The minimum atomic E-state index is -0.496. The van der Waals surface area contributed by atoms with E-state index in [1.54, 1.807) is 13.0 Å². The molecule has 0 saturated carbocycles. The van der Waals surface area contributed by atoms with E-state index in [0.717, 1.165) is 23.1 Å². The molecule has 1 heterocycles. The fourth-order valence-corrected chi connectivity index (χ4v) is 3.46. The number of nitrogens with zero attached hydrogens (tertiary/aromatic N) is 3. The van der Waals surface area contributed by atoms with Crippen LogP contribution in [0.2, 0.25) is 0 Å². The number of nitro groups is 1. The first-order chi connectivity index (χ1) is 15.4. The van der Waals surface area contributed by atoms with Gasteiger partial charge in [-0.2, -0.15) is 0 Å². The van der Waals surface area contributed by atoms with E-state index in [1.807, 2.05) is 24.3 Å². The molecule has 7 heteroatoms. The van der Waals surface area contributed by atoms with Gasteiger partial charge in [0.2, 0.25) is 5.89 Å². The standard InChI is InChI=1S/C25H23N3O4/c1-4-15(2)17-8-9-23-22(13-17)27-25(32-23)18-6-5-7-20(11-18)26-14-19-12-21(28(30)31)10-16(3)24(19)29/h5-15,29H,4H2,1-3H3/t15-/m1/s1. The van der Waals surface area contributed by atoms with Crippen LogP contribution in [-0.2, 0) is 0 Å². The Morgan fingerprint density at radius 1 is 1.22 bits per heavy atom. The number of fused-ring (bicyclic) bond motifs is 1. The monoisotopic (exact) mass is 429 g/mol. The number of aryl methyl sites for hydroxylation is 1. The van der Waals surface area contributed by atoms with E-state index in [0.29, 0.717) is 23.1 Å². The maximum Gasteiger partial charge on any atom is 0.270 e. The Morgan fingerprint density at radius 3 is 2.78 bits per heavy atom. The highest BCUT2D eigenvalue weighted by molar-refractivity contribution is 5.87. The second-order valence-electron chi connectivity index (χ2n) is 7.82. The number of nitro benzene ring substituents is 1. The van der Waals surface area contributed by atoms with Crippen molar-refractivity contribution < 1.29 is 14.4 Å². The SMILES string of the molecule is CC[C@@H](C)c1ccc2oc(-c3cccc(N=Cc4cc([N+](=O)[O-])cc(C)c4O)c3)nc2c1. The molecule has 1 N–H and O–H groups in total. The lowest BCUT2D eigenvalue weighted by Gasteiger charge is -2.07. The van der Waals surface area contributed by atoms with Crippen molar-refractivity contribution in [2.24, 2.45) is 4.99 Å². The summed E-state index contributed by atoms with van der Waals surface area (Å²) in [6, 6.07) is 16.0. The first kappa shape index (κ1) is 21.2. The van der Waals surface area contributed by atoms with Crippen LogP contribution in [0.5, 0.6) is 5.75 Å². The molecule has 0 saturated heterocycles. The first-order valence-electron chi connectivity index (χ1n) is 10.4. The van der Waals surface area contributed by atoms with Crippen molar-refractivity contribution in [1.82, 2.24) is 4.98 Å². The summed E-state index contributed by atoms with van der Waals surface area (Å²) in [5.74, 6) is 0.907. The molecule has 0 fully saturated rings. The fraction of sp³-hybridized carbons (Fsp3) is 0.200. The van der Waals surface area contributed by atoms with Gasteiger partial charge in [-0.15, -0.1) is 0 Å². The summed E-state index contributed by atoms with van der Waals surface area (Å²) in [5, 5.41) is 21.3. The molecular formula is C25H23N3O4. The van der Waals surface area contributed by atoms with Crippen LogP contribution in [0.25, 0.3) is 22.6 Å². The van der Waals surface area contributed by atoms with E-state index in [-0.39, 0.29) is 17.0 Å². The number of rotatable bonds is 6. The summed E-state index contributed by atoms with van der Waals surface area (Å²) < 4.78 is 5.94. The Kier molecular flexibility index (Phi) is 5.73. The van der Waals surface area contributed by atoms with E-state index >= 15 is 0 Å². The number of benzene rings is 3. The molecule has 0 bridgehead atoms. The largest absolute Gasteiger partial charge is 0.507 e. The number of non-ortho nitro benzene ring substituents is 1. The van der Waals surface area contributed by atoms with E-state index < -0.39 is 4.92 Å². The lowest BCUT2D eigenvalue weighted by Crippen LogP contribution is -1.93. The highest BCUT2D eigenvalue weighted by Crippen LogP contribution is 2.30. The Bertz CT molecular complexity index is 1340. The van der Waals surface area contributed by atoms with Crippen LogP contribution in [0.1, 0.15) is 42.9 Å². The topological polar surface area (TPSA) is 102 Å². The van der Waals surface area contributed by atoms with Crippen LogP contribution in [0.4, 0.5) is 11.4 Å². The number of phenols is 1. The molecule has 4 rings (SSSR count). The van der Waals surface area contributed by atoms with Gasteiger partial charge in [-0.3, -0.25) is 15.1 Å². The number of phenolic OH excluding ortho intramolecular Hbond substituents is 1. The zero-order chi connectivity index (χ0) is 22.8. The molecule has 7 nitrogen and oxygen atoms in total. The summed E-state index contributed by atoms with van der Waals surface area (Å²) in [7, 11) is 0. The predicted molar refractivity (Wildman–Crippen MR) is 125 cm³/mol. The Balaban J connectivity index is 1.65. The van der Waals surface area contributed by atoms with Gasteiger partial charge in [-0.05, 0) is 60.7 Å². The number of oxazole rings is 1. The highest BCUT2D eigenvalue weighted by atomic mass is 16.6. The number of hydrogen-bond donors (Lipinski definition) is 1. The van der Waals surface area contributed by atoms with Gasteiger partial charge in [0.25, 0.3) is 5.69 Å². The van der Waals surface area contributed by atoms with Gasteiger partial charge in [-0.25, -0.2) is 4.98 Å². The lowest BCUT2D eigenvalue weighted by molar-refractivity contribution is -0.384. The van der Waals surface area contributed by atoms with Gasteiger partial charge in [-0.1, -0.05) is 26.0 Å². The summed E-state index contributed by atoms with van der Waals surface area (Å²) in [4.78, 5) is 19.6. The molecule has 0 amide bonds. The normalized spacial score (nSPS) is 12.5. The van der Waals surface area contributed by atoms with Gasteiger partial charge in [0, 0.05) is 29.5 Å². The van der Waals surface area contributed by atoms with Gasteiger partial charge in [0.15, 0.2) is 5.58 Å². The predicted octanol–water partition coefficient (Wildman–Crippen LogP) is 6.68. The number of aromatic hydroxyl groups is 1. The number of aliphatic imine (C=N–C) groups is 1.